The molecule has 2 rings (SSSR count). The minimum atomic E-state index is 0.0343. The lowest BCUT2D eigenvalue weighted by Crippen LogP contribution is -2.32. The van der Waals surface area contributed by atoms with E-state index < -0.39 is 0 Å². The van der Waals surface area contributed by atoms with Crippen LogP contribution in [0.3, 0.4) is 0 Å². The molecular weight excluding hydrogens is 196 g/mol. The Kier molecular flexibility index (Phi) is 2.49. The van der Waals surface area contributed by atoms with Crippen molar-refractivity contribution < 1.29 is 0 Å². The zero-order chi connectivity index (χ0) is 10.2. The highest BCUT2D eigenvalue weighted by Gasteiger charge is 2.42. The predicted octanol–water partition coefficient (Wildman–Crippen LogP) is 1.71. The summed E-state index contributed by atoms with van der Waals surface area (Å²) in [4.78, 5) is 13.7. The maximum absolute atomic E-state index is 10.9. The summed E-state index contributed by atoms with van der Waals surface area (Å²) in [5, 5.41) is 5.34. The van der Waals surface area contributed by atoms with Crippen LogP contribution in [0.25, 0.3) is 0 Å². The number of aromatic amines is 1. The molecule has 1 aromatic rings. The number of rotatable bonds is 4. The molecule has 4 heteroatoms. The fourth-order valence-corrected chi connectivity index (χ4v) is 2.12. The molecule has 1 atom stereocenters. The van der Waals surface area contributed by atoms with Gasteiger partial charge in [0.2, 0.25) is 0 Å². The van der Waals surface area contributed by atoms with Crippen molar-refractivity contribution in [2.45, 2.75) is 39.3 Å². The number of H-pyrrole nitrogens is 1. The van der Waals surface area contributed by atoms with E-state index in [-0.39, 0.29) is 4.87 Å². The minimum Gasteiger partial charge on any atom is -0.315 e. The fourth-order valence-electron chi connectivity index (χ4n) is 1.54. The molecule has 0 saturated heterocycles. The van der Waals surface area contributed by atoms with Crippen LogP contribution in [0.4, 0.5) is 0 Å². The first kappa shape index (κ1) is 9.93. The van der Waals surface area contributed by atoms with Crippen LogP contribution in [0.15, 0.2) is 10.2 Å². The van der Waals surface area contributed by atoms with Crippen LogP contribution < -0.4 is 10.2 Å². The number of nitrogens with one attached hydrogen (secondary N) is 2. The highest BCUT2D eigenvalue weighted by atomic mass is 32.1. The monoisotopic (exact) mass is 212 g/mol. The summed E-state index contributed by atoms with van der Waals surface area (Å²) in [7, 11) is 0. The molecule has 1 fully saturated rings. The van der Waals surface area contributed by atoms with Gasteiger partial charge in [-0.3, -0.25) is 4.79 Å². The van der Waals surface area contributed by atoms with Gasteiger partial charge in [-0.25, -0.2) is 0 Å². The molecule has 0 spiro atoms. The van der Waals surface area contributed by atoms with E-state index >= 15 is 0 Å². The molecule has 2 N–H and O–H groups in total. The standard InChI is InChI=1S/C10H16N2OS/c1-7(10(2)3-4-10)11-5-8-6-14-9(13)12-8/h6-7,11H,3-5H2,1-2H3,(H,12,13). The van der Waals surface area contributed by atoms with Gasteiger partial charge in [-0.05, 0) is 25.2 Å². The van der Waals surface area contributed by atoms with Crippen molar-refractivity contribution in [3.05, 3.63) is 20.7 Å². The first-order valence-electron chi connectivity index (χ1n) is 5.00. The van der Waals surface area contributed by atoms with Gasteiger partial charge in [0.05, 0.1) is 0 Å². The van der Waals surface area contributed by atoms with Crippen molar-refractivity contribution in [2.24, 2.45) is 5.41 Å². The Bertz CT molecular complexity index is 364. The van der Waals surface area contributed by atoms with Crippen molar-refractivity contribution in [2.75, 3.05) is 0 Å². The molecular formula is C10H16N2OS. The van der Waals surface area contributed by atoms with Crippen LogP contribution in [-0.4, -0.2) is 11.0 Å². The predicted molar refractivity (Wildman–Crippen MR) is 58.6 cm³/mol. The summed E-state index contributed by atoms with van der Waals surface area (Å²) in [5.41, 5.74) is 1.49. The zero-order valence-corrected chi connectivity index (χ0v) is 9.41. The van der Waals surface area contributed by atoms with Gasteiger partial charge in [-0.15, -0.1) is 0 Å². The molecule has 14 heavy (non-hydrogen) atoms. The highest BCUT2D eigenvalue weighted by Crippen LogP contribution is 2.47. The van der Waals surface area contributed by atoms with Gasteiger partial charge in [0, 0.05) is 23.7 Å². The molecule has 1 saturated carbocycles. The topological polar surface area (TPSA) is 44.9 Å². The number of aromatic nitrogens is 1. The van der Waals surface area contributed by atoms with Gasteiger partial charge >= 0.3 is 4.87 Å². The zero-order valence-electron chi connectivity index (χ0n) is 8.59. The van der Waals surface area contributed by atoms with Crippen LogP contribution in [0, 0.1) is 5.41 Å². The van der Waals surface area contributed by atoms with E-state index in [4.69, 9.17) is 0 Å². The molecule has 78 valence electrons. The largest absolute Gasteiger partial charge is 0.315 e. The highest BCUT2D eigenvalue weighted by molar-refractivity contribution is 7.07. The molecule has 0 radical (unpaired) electrons. The van der Waals surface area contributed by atoms with Crippen LogP contribution in [0.2, 0.25) is 0 Å². The molecule has 1 aromatic heterocycles. The van der Waals surface area contributed by atoms with E-state index in [0.29, 0.717) is 11.5 Å². The second-order valence-electron chi connectivity index (χ2n) is 4.43. The van der Waals surface area contributed by atoms with Gasteiger partial charge in [0.1, 0.15) is 0 Å². The van der Waals surface area contributed by atoms with E-state index in [2.05, 4.69) is 24.1 Å². The lowest BCUT2D eigenvalue weighted by molar-refractivity contribution is 0.378. The van der Waals surface area contributed by atoms with E-state index in [1.165, 1.54) is 24.2 Å². The Morgan fingerprint density at radius 1 is 1.71 bits per heavy atom. The van der Waals surface area contributed by atoms with Crippen LogP contribution >= 0.6 is 11.3 Å². The molecule has 1 heterocycles. The van der Waals surface area contributed by atoms with Crippen LogP contribution in [-0.2, 0) is 6.54 Å². The van der Waals surface area contributed by atoms with Gasteiger partial charge in [0.25, 0.3) is 0 Å². The van der Waals surface area contributed by atoms with Crippen molar-refractivity contribution >= 4 is 11.3 Å². The summed E-state index contributed by atoms with van der Waals surface area (Å²) >= 11 is 1.23. The first-order chi connectivity index (χ1) is 6.60. The Hall–Kier alpha value is -0.610. The summed E-state index contributed by atoms with van der Waals surface area (Å²) in [5.74, 6) is 0. The van der Waals surface area contributed by atoms with Gasteiger partial charge in [-0.1, -0.05) is 18.3 Å². The molecule has 0 aromatic carbocycles. The normalized spacial score (nSPS) is 20.7. The third-order valence-corrected chi connectivity index (χ3v) is 3.97. The molecule has 0 bridgehead atoms. The lowest BCUT2D eigenvalue weighted by atomic mass is 10.0. The van der Waals surface area contributed by atoms with Crippen molar-refractivity contribution in [3.8, 4) is 0 Å². The molecule has 1 aliphatic carbocycles. The van der Waals surface area contributed by atoms with Gasteiger partial charge < -0.3 is 10.3 Å². The summed E-state index contributed by atoms with van der Waals surface area (Å²) < 4.78 is 0. The fraction of sp³-hybridized carbons (Fsp3) is 0.700. The Morgan fingerprint density at radius 3 is 2.93 bits per heavy atom. The number of hydrogen-bond acceptors (Lipinski definition) is 3. The van der Waals surface area contributed by atoms with Crippen molar-refractivity contribution in [3.63, 3.8) is 0 Å². The van der Waals surface area contributed by atoms with E-state index in [0.717, 1.165) is 12.2 Å². The van der Waals surface area contributed by atoms with Gasteiger partial charge in [-0.2, -0.15) is 0 Å². The average Bonchev–Trinajstić information content (AvgIpc) is 2.76. The Labute approximate surface area is 87.6 Å². The van der Waals surface area contributed by atoms with Crippen molar-refractivity contribution in [1.29, 1.82) is 0 Å². The Balaban J connectivity index is 1.85. The molecule has 1 aliphatic rings. The molecule has 0 aliphatic heterocycles. The number of hydrogen-bond donors (Lipinski definition) is 2. The molecule has 0 amide bonds. The second kappa shape index (κ2) is 3.51. The molecule has 1 unspecified atom stereocenters. The first-order valence-corrected chi connectivity index (χ1v) is 5.88. The minimum absolute atomic E-state index is 0.0343. The third kappa shape index (κ3) is 2.07. The lowest BCUT2D eigenvalue weighted by Gasteiger charge is -2.19. The summed E-state index contributed by atoms with van der Waals surface area (Å²) in [6, 6.07) is 0.533. The van der Waals surface area contributed by atoms with Crippen LogP contribution in [0.5, 0.6) is 0 Å². The summed E-state index contributed by atoms with van der Waals surface area (Å²) in [6.07, 6.45) is 2.64. The van der Waals surface area contributed by atoms with Crippen molar-refractivity contribution in [1.82, 2.24) is 10.3 Å². The smallest absolute Gasteiger partial charge is 0.304 e. The molecule has 3 nitrogen and oxygen atoms in total. The average molecular weight is 212 g/mol. The van der Waals surface area contributed by atoms with E-state index in [1.54, 1.807) is 0 Å². The maximum Gasteiger partial charge on any atom is 0.304 e. The quantitative estimate of drug-likeness (QED) is 0.798. The Morgan fingerprint density at radius 2 is 2.43 bits per heavy atom. The summed E-state index contributed by atoms with van der Waals surface area (Å²) in [6.45, 7) is 5.30. The van der Waals surface area contributed by atoms with Crippen LogP contribution in [0.1, 0.15) is 32.4 Å². The third-order valence-electron chi connectivity index (χ3n) is 3.25. The number of thiazole rings is 1. The van der Waals surface area contributed by atoms with Gasteiger partial charge in [0.15, 0.2) is 0 Å². The SMILES string of the molecule is CC(NCc1csc(=O)[nH]1)C1(C)CC1. The maximum atomic E-state index is 10.9. The van der Waals surface area contributed by atoms with E-state index in [1.807, 2.05) is 5.38 Å². The van der Waals surface area contributed by atoms with E-state index in [9.17, 15) is 4.79 Å². The second-order valence-corrected chi connectivity index (χ2v) is 5.27.